The largest absolute Gasteiger partial charge is 0.417 e. The van der Waals surface area contributed by atoms with E-state index in [-0.39, 0.29) is 39.2 Å². The Labute approximate surface area is 298 Å². The van der Waals surface area contributed by atoms with Crippen LogP contribution in [0.1, 0.15) is 62.5 Å². The molecule has 0 unspecified atom stereocenters. The number of aromatic nitrogens is 2. The van der Waals surface area contributed by atoms with Crippen LogP contribution in [0, 0.1) is 11.6 Å². The van der Waals surface area contributed by atoms with Crippen LogP contribution in [-0.2, 0) is 36.1 Å². The topological polar surface area (TPSA) is 118 Å². The van der Waals surface area contributed by atoms with E-state index in [1.54, 1.807) is 0 Å². The van der Waals surface area contributed by atoms with Crippen molar-refractivity contribution in [3.63, 3.8) is 0 Å². The minimum absolute atomic E-state index is 0.0374. The van der Waals surface area contributed by atoms with Crippen LogP contribution >= 0.6 is 0 Å². The fourth-order valence-electron chi connectivity index (χ4n) is 6.90. The van der Waals surface area contributed by atoms with E-state index in [1.165, 1.54) is 12.3 Å². The van der Waals surface area contributed by atoms with Gasteiger partial charge in [0.2, 0.25) is 0 Å². The zero-order valence-corrected chi connectivity index (χ0v) is 28.2. The van der Waals surface area contributed by atoms with Gasteiger partial charge in [0.15, 0.2) is 11.6 Å². The van der Waals surface area contributed by atoms with Crippen LogP contribution in [0.2, 0.25) is 0 Å². The Bertz CT molecular complexity index is 1920. The van der Waals surface area contributed by atoms with Crippen molar-refractivity contribution in [1.29, 1.82) is 0 Å². The van der Waals surface area contributed by atoms with E-state index in [9.17, 15) is 39.9 Å². The molecule has 8 rings (SSSR count). The van der Waals surface area contributed by atoms with Gasteiger partial charge in [-0.3, -0.25) is 4.79 Å². The molecule has 2 aromatic carbocycles. The molecule has 0 bridgehead atoms. The van der Waals surface area contributed by atoms with E-state index < -0.39 is 40.9 Å². The fraction of sp³-hybridized carbons (Fsp3) is 0.472. The van der Waals surface area contributed by atoms with Crippen molar-refractivity contribution >= 4 is 39.0 Å². The number of halogens is 8. The first-order chi connectivity index (χ1) is 25.0. The molecular weight excluding hydrogens is 720 g/mol. The first kappa shape index (κ1) is 38.5. The molecule has 0 amide bonds. The maximum Gasteiger partial charge on any atom is 0.417 e. The number of carbonyl (C=O) groups is 1. The van der Waals surface area contributed by atoms with E-state index in [0.29, 0.717) is 63.0 Å². The van der Waals surface area contributed by atoms with Crippen molar-refractivity contribution in [2.45, 2.75) is 81.3 Å². The molecule has 2 aromatic heterocycles. The number of anilines is 2. The van der Waals surface area contributed by atoms with Gasteiger partial charge in [0, 0.05) is 67.7 Å². The van der Waals surface area contributed by atoms with Crippen molar-refractivity contribution in [3.05, 3.63) is 71.6 Å². The standard InChI is InChI=1S/C18H18F4N2O2.C10H6F4N2.C8H12O3/c19-12-7-11-10-23-16(9-14(11)15(8-12)18(20,21)22)24-13-1-3-17(4-2-13)25-5-6-26-17;11-6-1-5-4-16-9(15)3-7(5)8(2-6)10(12,13)14;9-7-1-3-8(4-2-7)10-5-6-11-8/h7-10,13H,1-6H2,(H,23,24);1-4H,(H2,15,16);1-6H2. The van der Waals surface area contributed by atoms with Crippen LogP contribution in [0.5, 0.6) is 0 Å². The number of Topliss-reactive ketones (excluding diaryl/α,β-unsaturated/α-hetero) is 1. The smallest absolute Gasteiger partial charge is 0.384 e. The number of carbonyl (C=O) groups excluding carboxylic acids is 1. The first-order valence-corrected chi connectivity index (χ1v) is 17.0. The van der Waals surface area contributed by atoms with Crippen molar-refractivity contribution in [2.75, 3.05) is 37.5 Å². The Morgan fingerprint density at radius 1 is 0.660 bits per heavy atom. The highest BCUT2D eigenvalue weighted by atomic mass is 19.4. The summed E-state index contributed by atoms with van der Waals surface area (Å²) in [4.78, 5) is 18.7. The summed E-state index contributed by atoms with van der Waals surface area (Å²) < 4.78 is 126. The number of nitrogens with two attached hydrogens (primary N) is 1. The molecule has 4 fully saturated rings. The molecule has 0 atom stereocenters. The Morgan fingerprint density at radius 3 is 1.60 bits per heavy atom. The number of nitrogen functional groups attached to an aromatic ring is 1. The lowest BCUT2D eigenvalue weighted by atomic mass is 9.90. The van der Waals surface area contributed by atoms with E-state index in [2.05, 4.69) is 15.3 Å². The second-order valence-electron chi connectivity index (χ2n) is 13.2. The quantitative estimate of drug-likeness (QED) is 0.195. The third-order valence-electron chi connectivity index (χ3n) is 9.53. The number of ketones is 1. The lowest BCUT2D eigenvalue weighted by molar-refractivity contribution is -0.179. The molecule has 286 valence electrons. The van der Waals surface area contributed by atoms with Gasteiger partial charge in [-0.1, -0.05) is 0 Å². The zero-order valence-electron chi connectivity index (χ0n) is 28.2. The van der Waals surface area contributed by atoms with Crippen LogP contribution in [0.15, 0.2) is 48.8 Å². The van der Waals surface area contributed by atoms with Crippen LogP contribution in [0.3, 0.4) is 0 Å². The van der Waals surface area contributed by atoms with Gasteiger partial charge in [0.05, 0.1) is 37.6 Å². The molecule has 53 heavy (non-hydrogen) atoms. The average molecular weight is 757 g/mol. The van der Waals surface area contributed by atoms with Crippen molar-refractivity contribution in [2.24, 2.45) is 0 Å². The second kappa shape index (κ2) is 15.3. The first-order valence-electron chi connectivity index (χ1n) is 17.0. The van der Waals surface area contributed by atoms with Crippen LogP contribution in [-0.4, -0.2) is 59.8 Å². The average Bonchev–Trinajstić information content (AvgIpc) is 3.77. The molecule has 4 aromatic rings. The Balaban J connectivity index is 0.000000151. The fourth-order valence-corrected chi connectivity index (χ4v) is 6.90. The minimum atomic E-state index is -4.63. The monoisotopic (exact) mass is 756 g/mol. The molecule has 9 nitrogen and oxygen atoms in total. The molecular formula is C36H36F8N4O5. The number of alkyl halides is 6. The maximum absolute atomic E-state index is 13.5. The molecule has 17 heteroatoms. The lowest BCUT2D eigenvalue weighted by Crippen LogP contribution is -2.39. The lowest BCUT2D eigenvalue weighted by Gasteiger charge is -2.35. The van der Waals surface area contributed by atoms with Gasteiger partial charge >= 0.3 is 12.4 Å². The molecule has 2 aliphatic carbocycles. The summed E-state index contributed by atoms with van der Waals surface area (Å²) in [6.07, 6.45) is -1.09. The van der Waals surface area contributed by atoms with Crippen LogP contribution in [0.4, 0.5) is 46.8 Å². The van der Waals surface area contributed by atoms with Gasteiger partial charge < -0.3 is 30.0 Å². The summed E-state index contributed by atoms with van der Waals surface area (Å²) >= 11 is 0. The zero-order chi connectivity index (χ0) is 38.0. The number of hydrogen-bond acceptors (Lipinski definition) is 9. The summed E-state index contributed by atoms with van der Waals surface area (Å²) in [6.45, 7) is 2.57. The minimum Gasteiger partial charge on any atom is -0.384 e. The number of rotatable bonds is 2. The van der Waals surface area contributed by atoms with Crippen molar-refractivity contribution in [3.8, 4) is 0 Å². The highest BCUT2D eigenvalue weighted by Crippen LogP contribution is 2.39. The molecule has 4 aliphatic rings. The maximum atomic E-state index is 13.5. The third-order valence-corrected chi connectivity index (χ3v) is 9.53. The van der Waals surface area contributed by atoms with Gasteiger partial charge in [-0.25, -0.2) is 18.7 Å². The summed E-state index contributed by atoms with van der Waals surface area (Å²) in [7, 11) is 0. The van der Waals surface area contributed by atoms with Crippen LogP contribution < -0.4 is 11.1 Å². The molecule has 4 heterocycles. The normalized spacial score (nSPS) is 20.0. The number of pyridine rings is 2. The highest BCUT2D eigenvalue weighted by molar-refractivity contribution is 5.88. The molecule has 3 N–H and O–H groups in total. The third kappa shape index (κ3) is 9.31. The van der Waals surface area contributed by atoms with Crippen molar-refractivity contribution < 1.29 is 58.9 Å². The van der Waals surface area contributed by atoms with E-state index in [0.717, 1.165) is 62.9 Å². The molecule has 2 saturated carbocycles. The number of hydrogen-bond donors (Lipinski definition) is 2. The van der Waals surface area contributed by atoms with Gasteiger partial charge in [-0.2, -0.15) is 26.3 Å². The molecule has 0 radical (unpaired) electrons. The Kier molecular flexibility index (Phi) is 11.1. The number of benzene rings is 2. The SMILES string of the molecule is Fc1cc(C(F)(F)F)c2cc(NC3CCC4(CC3)OCCO4)ncc2c1.Nc1cc2c(C(F)(F)F)cc(F)cc2cn1.O=C1CCC2(CC1)OCCO2. The predicted molar refractivity (Wildman–Crippen MR) is 176 cm³/mol. The molecule has 2 spiro atoms. The summed E-state index contributed by atoms with van der Waals surface area (Å²) in [6, 6.07) is 5.50. The van der Waals surface area contributed by atoms with E-state index in [1.807, 2.05) is 0 Å². The Hall–Kier alpha value is -4.19. The number of nitrogens with zero attached hydrogens (tertiary/aromatic N) is 2. The highest BCUT2D eigenvalue weighted by Gasteiger charge is 2.41. The number of ether oxygens (including phenoxy) is 4. The second-order valence-corrected chi connectivity index (χ2v) is 13.2. The number of nitrogens with one attached hydrogen (secondary N) is 1. The van der Waals surface area contributed by atoms with Crippen LogP contribution in [0.25, 0.3) is 21.5 Å². The Morgan fingerprint density at radius 2 is 1.11 bits per heavy atom. The summed E-state index contributed by atoms with van der Waals surface area (Å²) in [5.74, 6) is -2.08. The van der Waals surface area contributed by atoms with Gasteiger partial charge in [-0.15, -0.1) is 0 Å². The number of fused-ring (bicyclic) bond motifs is 2. The van der Waals surface area contributed by atoms with Gasteiger partial charge in [-0.05, 0) is 60.0 Å². The molecule has 2 aliphatic heterocycles. The molecule has 2 saturated heterocycles. The predicted octanol–water partition coefficient (Wildman–Crippen LogP) is 8.34. The van der Waals surface area contributed by atoms with Crippen molar-refractivity contribution in [1.82, 2.24) is 9.97 Å². The summed E-state index contributed by atoms with van der Waals surface area (Å²) in [5, 5.41) is 3.17. The van der Waals surface area contributed by atoms with Gasteiger partial charge in [0.25, 0.3) is 0 Å². The van der Waals surface area contributed by atoms with Gasteiger partial charge in [0.1, 0.15) is 29.1 Å². The van der Waals surface area contributed by atoms with E-state index >= 15 is 0 Å². The van der Waals surface area contributed by atoms with E-state index in [4.69, 9.17) is 24.7 Å². The summed E-state index contributed by atoms with van der Waals surface area (Å²) in [5.41, 5.74) is 3.26.